The van der Waals surface area contributed by atoms with E-state index in [1.165, 1.54) is 5.57 Å². The van der Waals surface area contributed by atoms with Crippen LogP contribution in [-0.2, 0) is 23.9 Å². The highest BCUT2D eigenvalue weighted by Gasteiger charge is 2.70. The number of aliphatic hydroxyl groups excluding tert-OH is 3. The van der Waals surface area contributed by atoms with Gasteiger partial charge in [0.1, 0.15) is 18.3 Å². The van der Waals surface area contributed by atoms with Gasteiger partial charge in [-0.05, 0) is 110 Å². The number of carbonyl (C=O) groups excluding carboxylic acids is 1. The first-order valence-corrected chi connectivity index (χ1v) is 17.2. The fourth-order valence-corrected chi connectivity index (χ4v) is 11.9. The van der Waals surface area contributed by atoms with Crippen molar-refractivity contribution in [2.24, 2.45) is 50.2 Å². The van der Waals surface area contributed by atoms with Crippen molar-refractivity contribution in [1.29, 1.82) is 0 Å². The summed E-state index contributed by atoms with van der Waals surface area (Å²) in [5.41, 5.74) is -1.03. The molecule has 5 fully saturated rings. The zero-order valence-corrected chi connectivity index (χ0v) is 28.4. The van der Waals surface area contributed by atoms with Gasteiger partial charge >= 0.3 is 11.9 Å². The molecule has 6 aliphatic rings. The first kappa shape index (κ1) is 34.0. The molecule has 14 atom stereocenters. The maximum absolute atomic E-state index is 14.6. The largest absolute Gasteiger partial charge is 0.481 e. The number of carboxylic acid groups (broad SMARTS) is 2. The van der Waals surface area contributed by atoms with Gasteiger partial charge in [0.2, 0.25) is 0 Å². The van der Waals surface area contributed by atoms with Crippen LogP contribution >= 0.6 is 0 Å². The molecule has 0 amide bonds. The second kappa shape index (κ2) is 10.6. The number of ketones is 1. The summed E-state index contributed by atoms with van der Waals surface area (Å²) in [6.07, 6.45) is 0.183. The second-order valence-electron chi connectivity index (χ2n) is 17.8. The third-order valence-electron chi connectivity index (χ3n) is 15.1. The van der Waals surface area contributed by atoms with Crippen LogP contribution in [0.1, 0.15) is 106 Å². The molecule has 258 valence electrons. The molecule has 5 aliphatic carbocycles. The van der Waals surface area contributed by atoms with Crippen molar-refractivity contribution in [2.45, 2.75) is 143 Å². The number of rotatable bonds is 4. The predicted molar refractivity (Wildman–Crippen MR) is 166 cm³/mol. The molecule has 0 aromatic rings. The SMILES string of the molecule is CC1(C)[C@@H](O[C@H]2O[C@H](C(=O)O)[C@@H](O)[C@H](O)[C@H]2O)CC[C@]2(C)[C@H]3C(=O)C=C4[C@@H]5C[C@@](C)(C(=O)O)CC[C@]5(C)CC[C@@]4(C)[C@]3(C)CC[C@@H]12. The Morgan fingerprint density at radius 3 is 2.13 bits per heavy atom. The molecule has 6 rings (SSSR count). The van der Waals surface area contributed by atoms with E-state index in [0.29, 0.717) is 25.7 Å². The Morgan fingerprint density at radius 2 is 1.50 bits per heavy atom. The van der Waals surface area contributed by atoms with Crippen LogP contribution in [0.2, 0.25) is 0 Å². The van der Waals surface area contributed by atoms with Gasteiger partial charge < -0.3 is 35.0 Å². The van der Waals surface area contributed by atoms with Crippen LogP contribution < -0.4 is 0 Å². The van der Waals surface area contributed by atoms with Crippen molar-refractivity contribution < 1.29 is 49.4 Å². The molecule has 0 bridgehead atoms. The maximum Gasteiger partial charge on any atom is 0.335 e. The van der Waals surface area contributed by atoms with Gasteiger partial charge in [-0.1, -0.05) is 47.1 Å². The van der Waals surface area contributed by atoms with Gasteiger partial charge in [-0.2, -0.15) is 0 Å². The summed E-state index contributed by atoms with van der Waals surface area (Å²) >= 11 is 0. The summed E-state index contributed by atoms with van der Waals surface area (Å²) < 4.78 is 11.8. The lowest BCUT2D eigenvalue weighted by Crippen LogP contribution is -2.67. The van der Waals surface area contributed by atoms with Crippen LogP contribution in [0, 0.1) is 50.2 Å². The third kappa shape index (κ3) is 4.49. The molecule has 46 heavy (non-hydrogen) atoms. The molecule has 0 unspecified atom stereocenters. The number of aliphatic hydroxyl groups is 3. The normalized spacial score (nSPS) is 53.1. The Labute approximate surface area is 271 Å². The molecule has 1 aliphatic heterocycles. The molecule has 5 N–H and O–H groups in total. The Hall–Kier alpha value is -1.85. The lowest BCUT2D eigenvalue weighted by molar-refractivity contribution is -0.323. The molecule has 0 radical (unpaired) electrons. The van der Waals surface area contributed by atoms with E-state index in [9.17, 15) is 39.9 Å². The van der Waals surface area contributed by atoms with Crippen LogP contribution in [0.15, 0.2) is 11.6 Å². The van der Waals surface area contributed by atoms with Crippen molar-refractivity contribution in [3.05, 3.63) is 11.6 Å². The minimum atomic E-state index is -1.79. The highest BCUT2D eigenvalue weighted by Crippen LogP contribution is 2.75. The highest BCUT2D eigenvalue weighted by atomic mass is 16.7. The van der Waals surface area contributed by atoms with E-state index in [-0.39, 0.29) is 45.2 Å². The van der Waals surface area contributed by atoms with Crippen LogP contribution in [-0.4, -0.2) is 80.1 Å². The van der Waals surface area contributed by atoms with Gasteiger partial charge in [0.05, 0.1) is 11.5 Å². The van der Waals surface area contributed by atoms with Crippen molar-refractivity contribution in [2.75, 3.05) is 0 Å². The summed E-state index contributed by atoms with van der Waals surface area (Å²) in [7, 11) is 0. The minimum absolute atomic E-state index is 0.0166. The van der Waals surface area contributed by atoms with Crippen molar-refractivity contribution in [1.82, 2.24) is 0 Å². The molecular weight excluding hydrogens is 592 g/mol. The summed E-state index contributed by atoms with van der Waals surface area (Å²) in [4.78, 5) is 38.7. The third-order valence-corrected chi connectivity index (χ3v) is 15.1. The standard InChI is InChI=1S/C36H54O10/c1-31(2)21-8-11-36(7)27(34(21,5)10-9-22(31)45-29-25(40)23(38)24(39)26(46-29)28(41)42)20(37)16-18-19-17-33(4,30(43)44)13-12-32(19,3)14-15-35(18,36)6/h16,19,21-27,29,38-40H,8-15,17H2,1-7H3,(H,41,42)(H,43,44)/t19-,21-,22-,23-,24-,25+,26-,27+,29-,32+,33-,34-,35+,36+/m0/s1. The van der Waals surface area contributed by atoms with Crippen molar-refractivity contribution in [3.8, 4) is 0 Å². The zero-order valence-electron chi connectivity index (χ0n) is 28.4. The first-order chi connectivity index (χ1) is 21.2. The molecule has 1 saturated heterocycles. The van der Waals surface area contributed by atoms with E-state index in [4.69, 9.17) is 9.47 Å². The van der Waals surface area contributed by atoms with E-state index in [1.807, 2.05) is 13.0 Å². The Balaban J connectivity index is 1.31. The van der Waals surface area contributed by atoms with Gasteiger partial charge in [0.15, 0.2) is 18.2 Å². The number of carboxylic acids is 2. The average molecular weight is 647 g/mol. The number of hydrogen-bond acceptors (Lipinski definition) is 8. The molecule has 10 heteroatoms. The van der Waals surface area contributed by atoms with Gasteiger partial charge in [0, 0.05) is 5.92 Å². The molecule has 4 saturated carbocycles. The Bertz CT molecular complexity index is 1340. The summed E-state index contributed by atoms with van der Waals surface area (Å²) in [5, 5.41) is 50.9. The van der Waals surface area contributed by atoms with E-state index < -0.39 is 59.6 Å². The van der Waals surface area contributed by atoms with Gasteiger partial charge in [-0.3, -0.25) is 9.59 Å². The van der Waals surface area contributed by atoms with Crippen molar-refractivity contribution in [3.63, 3.8) is 0 Å². The highest BCUT2D eigenvalue weighted by molar-refractivity contribution is 5.95. The second-order valence-corrected chi connectivity index (χ2v) is 17.8. The van der Waals surface area contributed by atoms with Crippen molar-refractivity contribution >= 4 is 17.7 Å². The van der Waals surface area contributed by atoms with Gasteiger partial charge in [-0.25, -0.2) is 4.79 Å². The van der Waals surface area contributed by atoms with E-state index >= 15 is 0 Å². The maximum atomic E-state index is 14.6. The molecule has 0 aromatic heterocycles. The molecular formula is C36H54O10. The quantitative estimate of drug-likeness (QED) is 0.277. The van der Waals surface area contributed by atoms with Crippen LogP contribution in [0.25, 0.3) is 0 Å². The number of carbonyl (C=O) groups is 3. The zero-order chi connectivity index (χ0) is 34.0. The molecule has 1 heterocycles. The topological polar surface area (TPSA) is 171 Å². The number of ether oxygens (including phenoxy) is 2. The van der Waals surface area contributed by atoms with E-state index in [1.54, 1.807) is 0 Å². The number of allylic oxidation sites excluding steroid dienone is 2. The monoisotopic (exact) mass is 646 g/mol. The van der Waals surface area contributed by atoms with Crippen LogP contribution in [0.5, 0.6) is 0 Å². The predicted octanol–water partition coefficient (Wildman–Crippen LogP) is 4.33. The number of aliphatic carboxylic acids is 2. The fraction of sp³-hybridized carbons (Fsp3) is 0.861. The molecule has 10 nitrogen and oxygen atoms in total. The summed E-state index contributed by atoms with van der Waals surface area (Å²) in [6, 6.07) is 0. The number of fused-ring (bicyclic) bond motifs is 7. The van der Waals surface area contributed by atoms with Gasteiger partial charge in [-0.15, -0.1) is 0 Å². The Kier molecular flexibility index (Phi) is 7.82. The van der Waals surface area contributed by atoms with Gasteiger partial charge in [0.25, 0.3) is 0 Å². The van der Waals surface area contributed by atoms with Crippen LogP contribution in [0.4, 0.5) is 0 Å². The summed E-state index contributed by atoms with van der Waals surface area (Å²) in [5.74, 6) is -2.15. The fourth-order valence-electron chi connectivity index (χ4n) is 11.9. The first-order valence-electron chi connectivity index (χ1n) is 17.2. The summed E-state index contributed by atoms with van der Waals surface area (Å²) in [6.45, 7) is 15.3. The minimum Gasteiger partial charge on any atom is -0.481 e. The average Bonchev–Trinajstić information content (AvgIpc) is 2.96. The Morgan fingerprint density at radius 1 is 0.848 bits per heavy atom. The lowest BCUT2D eigenvalue weighted by Gasteiger charge is -2.70. The van der Waals surface area contributed by atoms with E-state index in [2.05, 4.69) is 41.5 Å². The van der Waals surface area contributed by atoms with E-state index in [0.717, 1.165) is 32.1 Å². The lowest BCUT2D eigenvalue weighted by atomic mass is 9.33. The van der Waals surface area contributed by atoms with Crippen LogP contribution in [0.3, 0.4) is 0 Å². The smallest absolute Gasteiger partial charge is 0.335 e. The number of hydrogen-bond donors (Lipinski definition) is 5. The molecule has 0 spiro atoms. The molecule has 0 aromatic carbocycles.